The molecule has 1 aromatic rings. The van der Waals surface area contributed by atoms with E-state index in [0.717, 1.165) is 24.8 Å². The minimum absolute atomic E-state index is 0.130. The van der Waals surface area contributed by atoms with Crippen LogP contribution >= 0.6 is 0 Å². The number of hydrogen-bond acceptors (Lipinski definition) is 2. The van der Waals surface area contributed by atoms with Crippen LogP contribution in [0.5, 0.6) is 5.75 Å². The summed E-state index contributed by atoms with van der Waals surface area (Å²) in [6, 6.07) is 5.58. The Balaban J connectivity index is 2.61. The molecule has 0 aliphatic heterocycles. The number of nitrogens with two attached hydrogens (primary N) is 1. The maximum atomic E-state index is 11.9. The van der Waals surface area contributed by atoms with E-state index in [0.29, 0.717) is 0 Å². The first-order valence-corrected chi connectivity index (χ1v) is 5.53. The van der Waals surface area contributed by atoms with Gasteiger partial charge in [0.1, 0.15) is 5.75 Å². The number of alkyl halides is 3. The van der Waals surface area contributed by atoms with Crippen LogP contribution in [0.3, 0.4) is 0 Å². The van der Waals surface area contributed by atoms with Gasteiger partial charge in [-0.25, -0.2) is 0 Å². The summed E-state index contributed by atoms with van der Waals surface area (Å²) in [7, 11) is 0. The average molecular weight is 247 g/mol. The largest absolute Gasteiger partial charge is 0.573 e. The molecule has 0 radical (unpaired) electrons. The summed E-state index contributed by atoms with van der Waals surface area (Å²) in [6.07, 6.45) is -1.77. The van der Waals surface area contributed by atoms with Gasteiger partial charge in [-0.05, 0) is 24.1 Å². The minimum Gasteiger partial charge on any atom is -0.406 e. The molecular weight excluding hydrogens is 231 g/mol. The number of halogens is 3. The van der Waals surface area contributed by atoms with Crippen molar-refractivity contribution in [1.82, 2.24) is 0 Å². The molecule has 1 aromatic carbocycles. The lowest BCUT2D eigenvalue weighted by atomic mass is 10.0. The highest BCUT2D eigenvalue weighted by Gasteiger charge is 2.30. The molecule has 2 N–H and O–H groups in total. The molecule has 96 valence electrons. The van der Waals surface area contributed by atoms with E-state index in [1.54, 1.807) is 12.1 Å². The molecule has 0 bridgehead atoms. The minimum atomic E-state index is -4.65. The standard InChI is InChI=1S/C12H16F3NO/c1-2-3-4-11(16)9-5-7-10(8-6-9)17-12(13,14)15/h5-8,11H,2-4,16H2,1H3/t11-/m0/s1. The second-order valence-corrected chi connectivity index (χ2v) is 3.87. The number of ether oxygens (including phenoxy) is 1. The normalized spacial score (nSPS) is 13.5. The Bertz CT molecular complexity index is 335. The monoisotopic (exact) mass is 247 g/mol. The van der Waals surface area contributed by atoms with Crippen molar-refractivity contribution in [2.24, 2.45) is 5.73 Å². The van der Waals surface area contributed by atoms with Gasteiger partial charge in [0.2, 0.25) is 0 Å². The molecule has 1 rings (SSSR count). The molecule has 0 aromatic heterocycles. The molecule has 0 aliphatic carbocycles. The van der Waals surface area contributed by atoms with E-state index >= 15 is 0 Å². The molecule has 0 aliphatic rings. The Hall–Kier alpha value is -1.23. The number of hydrogen-bond donors (Lipinski definition) is 1. The van der Waals surface area contributed by atoms with Crippen molar-refractivity contribution in [3.63, 3.8) is 0 Å². The Morgan fingerprint density at radius 2 is 1.82 bits per heavy atom. The SMILES string of the molecule is CCCC[C@H](N)c1ccc(OC(F)(F)F)cc1. The highest BCUT2D eigenvalue weighted by Crippen LogP contribution is 2.25. The van der Waals surface area contributed by atoms with Crippen molar-refractivity contribution in [2.45, 2.75) is 38.6 Å². The predicted molar refractivity (Wildman–Crippen MR) is 59.6 cm³/mol. The fourth-order valence-electron chi connectivity index (χ4n) is 1.51. The van der Waals surface area contributed by atoms with Gasteiger partial charge in [0.25, 0.3) is 0 Å². The molecule has 0 unspecified atom stereocenters. The molecule has 0 saturated heterocycles. The second-order valence-electron chi connectivity index (χ2n) is 3.87. The summed E-state index contributed by atoms with van der Waals surface area (Å²) in [6.45, 7) is 2.06. The second kappa shape index (κ2) is 5.91. The van der Waals surface area contributed by atoms with Crippen LogP contribution in [0.1, 0.15) is 37.8 Å². The molecule has 1 atom stereocenters. The zero-order valence-electron chi connectivity index (χ0n) is 9.63. The molecule has 0 amide bonds. The van der Waals surface area contributed by atoms with Gasteiger partial charge in [-0.15, -0.1) is 13.2 Å². The van der Waals surface area contributed by atoms with Crippen molar-refractivity contribution >= 4 is 0 Å². The van der Waals surface area contributed by atoms with Crippen LogP contribution in [-0.2, 0) is 0 Å². The summed E-state index contributed by atoms with van der Waals surface area (Å²) in [5.74, 6) is -0.219. The third-order valence-corrected chi connectivity index (χ3v) is 2.41. The molecule has 5 heteroatoms. The lowest BCUT2D eigenvalue weighted by Gasteiger charge is -2.13. The molecule has 2 nitrogen and oxygen atoms in total. The van der Waals surface area contributed by atoms with E-state index < -0.39 is 6.36 Å². The molecule has 0 spiro atoms. The molecular formula is C12H16F3NO. The van der Waals surface area contributed by atoms with Crippen molar-refractivity contribution < 1.29 is 17.9 Å². The van der Waals surface area contributed by atoms with E-state index in [9.17, 15) is 13.2 Å². The van der Waals surface area contributed by atoms with Gasteiger partial charge in [-0.1, -0.05) is 31.9 Å². The van der Waals surface area contributed by atoms with Crippen LogP contribution in [0.15, 0.2) is 24.3 Å². The smallest absolute Gasteiger partial charge is 0.406 e. The summed E-state index contributed by atoms with van der Waals surface area (Å²) in [5, 5.41) is 0. The molecule has 0 heterocycles. The van der Waals surface area contributed by atoms with Gasteiger partial charge < -0.3 is 10.5 Å². The Morgan fingerprint density at radius 3 is 2.29 bits per heavy atom. The van der Waals surface area contributed by atoms with Crippen LogP contribution < -0.4 is 10.5 Å². The zero-order chi connectivity index (χ0) is 12.9. The van der Waals surface area contributed by atoms with Crippen molar-refractivity contribution in [3.05, 3.63) is 29.8 Å². The van der Waals surface area contributed by atoms with Crippen molar-refractivity contribution in [2.75, 3.05) is 0 Å². The van der Waals surface area contributed by atoms with Crippen molar-refractivity contribution in [3.8, 4) is 5.75 Å². The Labute approximate surface area is 98.6 Å². The third-order valence-electron chi connectivity index (χ3n) is 2.41. The topological polar surface area (TPSA) is 35.2 Å². The van der Waals surface area contributed by atoms with E-state index in [1.165, 1.54) is 12.1 Å². The van der Waals surface area contributed by atoms with Gasteiger partial charge in [0, 0.05) is 6.04 Å². The Morgan fingerprint density at radius 1 is 1.24 bits per heavy atom. The maximum Gasteiger partial charge on any atom is 0.573 e. The molecule has 17 heavy (non-hydrogen) atoms. The van der Waals surface area contributed by atoms with Gasteiger partial charge in [-0.3, -0.25) is 0 Å². The van der Waals surface area contributed by atoms with Crippen molar-refractivity contribution in [1.29, 1.82) is 0 Å². The fraction of sp³-hybridized carbons (Fsp3) is 0.500. The summed E-state index contributed by atoms with van der Waals surface area (Å²) >= 11 is 0. The van der Waals surface area contributed by atoms with Crippen LogP contribution in [-0.4, -0.2) is 6.36 Å². The van der Waals surface area contributed by atoms with Gasteiger partial charge >= 0.3 is 6.36 Å². The number of unbranched alkanes of at least 4 members (excludes halogenated alkanes) is 1. The van der Waals surface area contributed by atoms with E-state index in [4.69, 9.17) is 5.73 Å². The number of rotatable bonds is 5. The first kappa shape index (κ1) is 13.8. The first-order valence-electron chi connectivity index (χ1n) is 5.53. The highest BCUT2D eigenvalue weighted by atomic mass is 19.4. The average Bonchev–Trinajstić information content (AvgIpc) is 2.24. The Kier molecular flexibility index (Phi) is 4.81. The van der Waals surface area contributed by atoms with E-state index in [-0.39, 0.29) is 11.8 Å². The van der Waals surface area contributed by atoms with E-state index in [2.05, 4.69) is 11.7 Å². The number of benzene rings is 1. The third kappa shape index (κ3) is 5.08. The van der Waals surface area contributed by atoms with Gasteiger partial charge in [-0.2, -0.15) is 0 Å². The first-order chi connectivity index (χ1) is 7.92. The lowest BCUT2D eigenvalue weighted by molar-refractivity contribution is -0.274. The van der Waals surface area contributed by atoms with E-state index in [1.807, 2.05) is 0 Å². The quantitative estimate of drug-likeness (QED) is 0.859. The highest BCUT2D eigenvalue weighted by molar-refractivity contribution is 5.29. The van der Waals surface area contributed by atoms with Crippen LogP contribution in [0.25, 0.3) is 0 Å². The van der Waals surface area contributed by atoms with Gasteiger partial charge in [0.05, 0.1) is 0 Å². The summed E-state index contributed by atoms with van der Waals surface area (Å²) in [4.78, 5) is 0. The maximum absolute atomic E-state index is 11.9. The predicted octanol–water partition coefficient (Wildman–Crippen LogP) is 3.78. The van der Waals surface area contributed by atoms with Crippen LogP contribution in [0, 0.1) is 0 Å². The zero-order valence-corrected chi connectivity index (χ0v) is 9.63. The summed E-state index contributed by atoms with van der Waals surface area (Å²) in [5.41, 5.74) is 6.72. The van der Waals surface area contributed by atoms with Gasteiger partial charge in [0.15, 0.2) is 0 Å². The lowest BCUT2D eigenvalue weighted by Crippen LogP contribution is -2.17. The van der Waals surface area contributed by atoms with Crippen LogP contribution in [0.4, 0.5) is 13.2 Å². The molecule has 0 fully saturated rings. The fourth-order valence-corrected chi connectivity index (χ4v) is 1.51. The van der Waals surface area contributed by atoms with Crippen LogP contribution in [0.2, 0.25) is 0 Å². The molecule has 0 saturated carbocycles. The summed E-state index contributed by atoms with van der Waals surface area (Å²) < 4.78 is 39.5.